The van der Waals surface area contributed by atoms with Crippen LogP contribution in [0.1, 0.15) is 15.9 Å². The Labute approximate surface area is 139 Å². The minimum absolute atomic E-state index is 0.114. The van der Waals surface area contributed by atoms with Gasteiger partial charge in [0, 0.05) is 35.1 Å². The van der Waals surface area contributed by atoms with Crippen molar-refractivity contribution in [3.63, 3.8) is 0 Å². The van der Waals surface area contributed by atoms with E-state index >= 15 is 0 Å². The third-order valence-corrected chi connectivity index (χ3v) is 4.13. The van der Waals surface area contributed by atoms with Crippen molar-refractivity contribution in [3.8, 4) is 0 Å². The first-order chi connectivity index (χ1) is 11.0. The molecule has 3 rings (SSSR count). The van der Waals surface area contributed by atoms with Crippen molar-refractivity contribution in [2.24, 2.45) is 0 Å². The van der Waals surface area contributed by atoms with Gasteiger partial charge in [-0.2, -0.15) is 0 Å². The lowest BCUT2D eigenvalue weighted by Crippen LogP contribution is -2.27. The molecule has 2 aromatic rings. The summed E-state index contributed by atoms with van der Waals surface area (Å²) < 4.78 is 0. The van der Waals surface area contributed by atoms with E-state index < -0.39 is 0 Å². The number of nitrogens with one attached hydrogen (secondary N) is 2. The molecule has 6 heteroatoms. The number of halogens is 1. The SMILES string of the molecule is Cc1ccc(NC(=O)c2ccc(N3CCNC3=O)cc2)cc1Cl. The third kappa shape index (κ3) is 3.29. The summed E-state index contributed by atoms with van der Waals surface area (Å²) in [7, 11) is 0. The zero-order valence-corrected chi connectivity index (χ0v) is 13.4. The number of amides is 3. The Morgan fingerprint density at radius 1 is 1.22 bits per heavy atom. The summed E-state index contributed by atoms with van der Waals surface area (Å²) in [5.74, 6) is -0.220. The van der Waals surface area contributed by atoms with E-state index in [1.807, 2.05) is 19.1 Å². The number of urea groups is 1. The standard InChI is InChI=1S/C17H16ClN3O2/c1-11-2-5-13(10-15(11)18)20-16(22)12-3-6-14(7-4-12)21-9-8-19-17(21)23/h2-7,10H,8-9H2,1H3,(H,19,23)(H,20,22). The van der Waals surface area contributed by atoms with E-state index in [1.165, 1.54) is 0 Å². The van der Waals surface area contributed by atoms with Gasteiger partial charge < -0.3 is 10.6 Å². The number of nitrogens with zero attached hydrogens (tertiary/aromatic N) is 1. The molecule has 0 saturated carbocycles. The number of hydrogen-bond donors (Lipinski definition) is 2. The van der Waals surface area contributed by atoms with Crippen LogP contribution < -0.4 is 15.5 Å². The van der Waals surface area contributed by atoms with E-state index in [1.54, 1.807) is 35.2 Å². The van der Waals surface area contributed by atoms with E-state index in [9.17, 15) is 9.59 Å². The maximum Gasteiger partial charge on any atom is 0.321 e. The van der Waals surface area contributed by atoms with Crippen LogP contribution in [-0.4, -0.2) is 25.0 Å². The highest BCUT2D eigenvalue weighted by molar-refractivity contribution is 6.31. The first-order valence-corrected chi connectivity index (χ1v) is 7.65. The molecule has 2 N–H and O–H groups in total. The van der Waals surface area contributed by atoms with Gasteiger partial charge in [-0.15, -0.1) is 0 Å². The van der Waals surface area contributed by atoms with Gasteiger partial charge in [-0.3, -0.25) is 9.69 Å². The van der Waals surface area contributed by atoms with Crippen molar-refractivity contribution >= 4 is 34.9 Å². The second-order valence-corrected chi connectivity index (χ2v) is 5.76. The monoisotopic (exact) mass is 329 g/mol. The predicted molar refractivity (Wildman–Crippen MR) is 91.3 cm³/mol. The van der Waals surface area contributed by atoms with Crippen molar-refractivity contribution in [3.05, 3.63) is 58.6 Å². The lowest BCUT2D eigenvalue weighted by molar-refractivity contribution is 0.102. The Morgan fingerprint density at radius 3 is 2.57 bits per heavy atom. The number of rotatable bonds is 3. The van der Waals surface area contributed by atoms with E-state index in [-0.39, 0.29) is 11.9 Å². The van der Waals surface area contributed by atoms with Gasteiger partial charge in [-0.05, 0) is 48.9 Å². The first kappa shape index (κ1) is 15.4. The van der Waals surface area contributed by atoms with Gasteiger partial charge in [0.15, 0.2) is 0 Å². The lowest BCUT2D eigenvalue weighted by atomic mass is 10.1. The molecule has 0 aromatic heterocycles. The molecule has 5 nitrogen and oxygen atoms in total. The van der Waals surface area contributed by atoms with Crippen LogP contribution in [0.25, 0.3) is 0 Å². The summed E-state index contributed by atoms with van der Waals surface area (Å²) in [6, 6.07) is 12.2. The molecule has 1 heterocycles. The van der Waals surface area contributed by atoms with E-state index in [0.717, 1.165) is 11.3 Å². The largest absolute Gasteiger partial charge is 0.336 e. The quantitative estimate of drug-likeness (QED) is 0.906. The second kappa shape index (κ2) is 6.30. The summed E-state index contributed by atoms with van der Waals surface area (Å²) in [6.07, 6.45) is 0. The fourth-order valence-corrected chi connectivity index (χ4v) is 2.57. The topological polar surface area (TPSA) is 61.4 Å². The molecule has 1 saturated heterocycles. The summed E-state index contributed by atoms with van der Waals surface area (Å²) in [6.45, 7) is 3.17. The maximum absolute atomic E-state index is 12.3. The van der Waals surface area contributed by atoms with Crippen LogP contribution in [-0.2, 0) is 0 Å². The van der Waals surface area contributed by atoms with Gasteiger partial charge in [0.25, 0.3) is 5.91 Å². The zero-order valence-electron chi connectivity index (χ0n) is 12.6. The molecule has 1 aliphatic rings. The number of hydrogen-bond acceptors (Lipinski definition) is 2. The van der Waals surface area contributed by atoms with Crippen LogP contribution in [0.3, 0.4) is 0 Å². The third-order valence-electron chi connectivity index (χ3n) is 3.73. The molecule has 1 aliphatic heterocycles. The van der Waals surface area contributed by atoms with Crippen molar-refractivity contribution in [2.75, 3.05) is 23.3 Å². The molecular weight excluding hydrogens is 314 g/mol. The number of benzene rings is 2. The number of carbonyl (C=O) groups excluding carboxylic acids is 2. The number of carbonyl (C=O) groups is 2. The Kier molecular flexibility index (Phi) is 4.21. The predicted octanol–water partition coefficient (Wildman–Crippen LogP) is 3.43. The van der Waals surface area contributed by atoms with Crippen LogP contribution in [0.2, 0.25) is 5.02 Å². The normalized spacial score (nSPS) is 13.8. The Hall–Kier alpha value is -2.53. The first-order valence-electron chi connectivity index (χ1n) is 7.27. The second-order valence-electron chi connectivity index (χ2n) is 5.35. The summed E-state index contributed by atoms with van der Waals surface area (Å²) in [5.41, 5.74) is 2.89. The number of aryl methyl sites for hydroxylation is 1. The van der Waals surface area contributed by atoms with Crippen LogP contribution in [0.4, 0.5) is 16.2 Å². The molecule has 0 aliphatic carbocycles. The average Bonchev–Trinajstić information content (AvgIpc) is 2.97. The molecular formula is C17H16ClN3O2. The molecule has 0 unspecified atom stereocenters. The molecule has 0 radical (unpaired) electrons. The summed E-state index contributed by atoms with van der Waals surface area (Å²) in [5, 5.41) is 6.16. The fourth-order valence-electron chi connectivity index (χ4n) is 2.38. The maximum atomic E-state index is 12.3. The minimum atomic E-state index is -0.220. The molecule has 23 heavy (non-hydrogen) atoms. The molecule has 3 amide bonds. The highest BCUT2D eigenvalue weighted by Crippen LogP contribution is 2.21. The van der Waals surface area contributed by atoms with Crippen LogP contribution in [0, 0.1) is 6.92 Å². The van der Waals surface area contributed by atoms with Crippen molar-refractivity contribution in [1.82, 2.24) is 5.32 Å². The zero-order chi connectivity index (χ0) is 16.4. The van der Waals surface area contributed by atoms with Gasteiger partial charge in [-0.25, -0.2) is 4.79 Å². The van der Waals surface area contributed by atoms with Crippen molar-refractivity contribution in [2.45, 2.75) is 6.92 Å². The van der Waals surface area contributed by atoms with Gasteiger partial charge in [-0.1, -0.05) is 17.7 Å². The molecule has 118 valence electrons. The van der Waals surface area contributed by atoms with Gasteiger partial charge in [0.05, 0.1) is 0 Å². The van der Waals surface area contributed by atoms with Crippen molar-refractivity contribution < 1.29 is 9.59 Å². The molecule has 0 atom stereocenters. The smallest absolute Gasteiger partial charge is 0.321 e. The molecule has 1 fully saturated rings. The Balaban J connectivity index is 1.72. The van der Waals surface area contributed by atoms with Gasteiger partial charge in [0.1, 0.15) is 0 Å². The summed E-state index contributed by atoms with van der Waals surface area (Å²) in [4.78, 5) is 25.5. The van der Waals surface area contributed by atoms with E-state index in [2.05, 4.69) is 10.6 Å². The van der Waals surface area contributed by atoms with Gasteiger partial charge >= 0.3 is 6.03 Å². The average molecular weight is 330 g/mol. The molecule has 0 spiro atoms. The van der Waals surface area contributed by atoms with Crippen LogP contribution in [0.5, 0.6) is 0 Å². The minimum Gasteiger partial charge on any atom is -0.336 e. The Bertz CT molecular complexity index is 759. The van der Waals surface area contributed by atoms with Crippen molar-refractivity contribution in [1.29, 1.82) is 0 Å². The Morgan fingerprint density at radius 2 is 1.96 bits per heavy atom. The highest BCUT2D eigenvalue weighted by atomic mass is 35.5. The van der Waals surface area contributed by atoms with Crippen LogP contribution >= 0.6 is 11.6 Å². The van der Waals surface area contributed by atoms with E-state index in [4.69, 9.17) is 11.6 Å². The highest BCUT2D eigenvalue weighted by Gasteiger charge is 2.21. The molecule has 0 bridgehead atoms. The lowest BCUT2D eigenvalue weighted by Gasteiger charge is -2.14. The fraction of sp³-hybridized carbons (Fsp3) is 0.176. The number of anilines is 2. The van der Waals surface area contributed by atoms with Crippen LogP contribution in [0.15, 0.2) is 42.5 Å². The molecule has 2 aromatic carbocycles. The van der Waals surface area contributed by atoms with Gasteiger partial charge in [0.2, 0.25) is 0 Å². The summed E-state index contributed by atoms with van der Waals surface area (Å²) >= 11 is 6.06. The van der Waals surface area contributed by atoms with E-state index in [0.29, 0.717) is 29.4 Å².